The van der Waals surface area contributed by atoms with Gasteiger partial charge in [0.05, 0.1) is 0 Å². The van der Waals surface area contributed by atoms with Crippen molar-refractivity contribution in [2.75, 3.05) is 6.61 Å². The molecule has 4 heteroatoms. The van der Waals surface area contributed by atoms with Gasteiger partial charge < -0.3 is 14.3 Å². The van der Waals surface area contributed by atoms with Gasteiger partial charge in [0, 0.05) is 6.61 Å². The van der Waals surface area contributed by atoms with E-state index in [1.54, 1.807) is 6.92 Å². The van der Waals surface area contributed by atoms with Gasteiger partial charge in [0.2, 0.25) is 0 Å². The zero-order valence-corrected chi connectivity index (χ0v) is 8.37. The van der Waals surface area contributed by atoms with E-state index in [0.717, 1.165) is 6.42 Å². The Morgan fingerprint density at radius 2 is 2.36 bits per heavy atom. The molecule has 14 heavy (non-hydrogen) atoms. The zero-order valence-electron chi connectivity index (χ0n) is 8.37. The first-order chi connectivity index (χ1) is 6.65. The average Bonchev–Trinajstić information content (AvgIpc) is 2.47. The molecule has 0 atom stereocenters. The van der Waals surface area contributed by atoms with Crippen LogP contribution in [0.2, 0.25) is 0 Å². The normalized spacial score (nSPS) is 10.4. The Bertz CT molecular complexity index is 314. The van der Waals surface area contributed by atoms with Crippen LogP contribution in [0.4, 0.5) is 0 Å². The Morgan fingerprint density at radius 1 is 1.64 bits per heavy atom. The highest BCUT2D eigenvalue weighted by Gasteiger charge is 2.13. The molecule has 1 heterocycles. The molecule has 1 aromatic heterocycles. The van der Waals surface area contributed by atoms with E-state index in [4.69, 9.17) is 14.3 Å². The molecule has 0 saturated carbocycles. The van der Waals surface area contributed by atoms with Crippen molar-refractivity contribution >= 4 is 5.97 Å². The van der Waals surface area contributed by atoms with E-state index in [-0.39, 0.29) is 5.56 Å². The highest BCUT2D eigenvalue weighted by Crippen LogP contribution is 2.15. The minimum absolute atomic E-state index is 0.208. The summed E-state index contributed by atoms with van der Waals surface area (Å²) >= 11 is 0. The van der Waals surface area contributed by atoms with Crippen molar-refractivity contribution < 1.29 is 19.1 Å². The van der Waals surface area contributed by atoms with Crippen molar-refractivity contribution in [3.8, 4) is 0 Å². The van der Waals surface area contributed by atoms with Gasteiger partial charge in [-0.1, -0.05) is 6.92 Å². The Morgan fingerprint density at radius 3 is 2.86 bits per heavy atom. The smallest absolute Gasteiger partial charge is 0.339 e. The standard InChI is InChI=1S/C10H14O4/c1-3-4-13-6-8-5-9(10(11)12)7(2)14-8/h5H,3-4,6H2,1-2H3,(H,11,12). The van der Waals surface area contributed by atoms with Crippen molar-refractivity contribution in [2.24, 2.45) is 0 Å². The molecule has 1 rings (SSSR count). The second-order valence-electron chi connectivity index (χ2n) is 3.04. The predicted octanol–water partition coefficient (Wildman–Crippen LogP) is 2.21. The maximum Gasteiger partial charge on any atom is 0.339 e. The summed E-state index contributed by atoms with van der Waals surface area (Å²) in [6, 6.07) is 1.51. The largest absolute Gasteiger partial charge is 0.478 e. The maximum absolute atomic E-state index is 10.7. The van der Waals surface area contributed by atoms with Crippen LogP contribution in [0.1, 0.15) is 35.2 Å². The zero-order chi connectivity index (χ0) is 10.6. The number of hydrogen-bond acceptors (Lipinski definition) is 3. The minimum Gasteiger partial charge on any atom is -0.478 e. The van der Waals surface area contributed by atoms with Crippen LogP contribution in [-0.2, 0) is 11.3 Å². The van der Waals surface area contributed by atoms with Crippen LogP contribution in [0, 0.1) is 6.92 Å². The Hall–Kier alpha value is -1.29. The lowest BCUT2D eigenvalue weighted by molar-refractivity contribution is 0.0695. The molecule has 0 aliphatic rings. The number of aromatic carboxylic acids is 1. The van der Waals surface area contributed by atoms with Gasteiger partial charge in [-0.3, -0.25) is 0 Å². The van der Waals surface area contributed by atoms with Gasteiger partial charge in [-0.15, -0.1) is 0 Å². The number of rotatable bonds is 5. The van der Waals surface area contributed by atoms with Gasteiger partial charge in [-0.2, -0.15) is 0 Å². The number of aryl methyl sites for hydroxylation is 1. The Kier molecular flexibility index (Phi) is 3.71. The summed E-state index contributed by atoms with van der Waals surface area (Å²) in [5.74, 6) is 0.0222. The van der Waals surface area contributed by atoms with E-state index in [2.05, 4.69) is 0 Å². The fourth-order valence-electron chi connectivity index (χ4n) is 1.14. The Labute approximate surface area is 82.5 Å². The number of hydrogen-bond donors (Lipinski definition) is 1. The van der Waals surface area contributed by atoms with Crippen LogP contribution in [0.3, 0.4) is 0 Å². The first-order valence-electron chi connectivity index (χ1n) is 4.55. The fraction of sp³-hybridized carbons (Fsp3) is 0.500. The summed E-state index contributed by atoms with van der Waals surface area (Å²) < 4.78 is 10.4. The summed E-state index contributed by atoms with van der Waals surface area (Å²) in [4.78, 5) is 10.7. The summed E-state index contributed by atoms with van der Waals surface area (Å²) in [6.45, 7) is 4.63. The molecule has 0 aromatic carbocycles. The molecule has 0 spiro atoms. The molecule has 4 nitrogen and oxygen atoms in total. The van der Waals surface area contributed by atoms with Crippen LogP contribution >= 0.6 is 0 Å². The maximum atomic E-state index is 10.7. The minimum atomic E-state index is -0.965. The molecule has 0 radical (unpaired) electrons. The number of carboxylic acid groups (broad SMARTS) is 1. The lowest BCUT2D eigenvalue weighted by Crippen LogP contribution is -1.95. The van der Waals surface area contributed by atoms with E-state index in [1.165, 1.54) is 6.07 Å². The number of ether oxygens (including phenoxy) is 1. The lowest BCUT2D eigenvalue weighted by atomic mass is 10.2. The SMILES string of the molecule is CCCOCc1cc(C(=O)O)c(C)o1. The van der Waals surface area contributed by atoms with Gasteiger partial charge in [-0.05, 0) is 19.4 Å². The third kappa shape index (κ3) is 2.60. The molecule has 0 fully saturated rings. The van der Waals surface area contributed by atoms with Crippen LogP contribution in [-0.4, -0.2) is 17.7 Å². The van der Waals surface area contributed by atoms with Crippen molar-refractivity contribution in [3.05, 3.63) is 23.2 Å². The predicted molar refractivity (Wildman–Crippen MR) is 50.4 cm³/mol. The molecule has 78 valence electrons. The first kappa shape index (κ1) is 10.8. The van der Waals surface area contributed by atoms with E-state index >= 15 is 0 Å². The van der Waals surface area contributed by atoms with Gasteiger partial charge >= 0.3 is 5.97 Å². The van der Waals surface area contributed by atoms with Crippen LogP contribution in [0.15, 0.2) is 10.5 Å². The second-order valence-corrected chi connectivity index (χ2v) is 3.04. The lowest BCUT2D eigenvalue weighted by Gasteiger charge is -1.97. The number of furan rings is 1. The monoisotopic (exact) mass is 198 g/mol. The Balaban J connectivity index is 2.62. The molecule has 0 aliphatic carbocycles. The van der Waals surface area contributed by atoms with E-state index in [9.17, 15) is 4.79 Å². The van der Waals surface area contributed by atoms with Crippen molar-refractivity contribution in [2.45, 2.75) is 26.9 Å². The third-order valence-electron chi connectivity index (χ3n) is 1.79. The molecular formula is C10H14O4. The number of carbonyl (C=O) groups is 1. The fourth-order valence-corrected chi connectivity index (χ4v) is 1.14. The summed E-state index contributed by atoms with van der Waals surface area (Å²) in [5.41, 5.74) is 0.208. The van der Waals surface area contributed by atoms with Gasteiger partial charge in [0.25, 0.3) is 0 Å². The average molecular weight is 198 g/mol. The highest BCUT2D eigenvalue weighted by molar-refractivity contribution is 5.88. The van der Waals surface area contributed by atoms with E-state index in [1.807, 2.05) is 6.92 Å². The van der Waals surface area contributed by atoms with Crippen LogP contribution in [0.5, 0.6) is 0 Å². The molecule has 1 aromatic rings. The van der Waals surface area contributed by atoms with Gasteiger partial charge in [0.1, 0.15) is 23.7 Å². The topological polar surface area (TPSA) is 59.7 Å². The molecule has 0 aliphatic heterocycles. The summed E-state index contributed by atoms with van der Waals surface area (Å²) in [5, 5.41) is 8.75. The van der Waals surface area contributed by atoms with Crippen molar-refractivity contribution in [1.29, 1.82) is 0 Å². The summed E-state index contributed by atoms with van der Waals surface area (Å²) in [6.07, 6.45) is 0.936. The summed E-state index contributed by atoms with van der Waals surface area (Å²) in [7, 11) is 0. The van der Waals surface area contributed by atoms with Crippen LogP contribution in [0.25, 0.3) is 0 Å². The molecule has 0 amide bonds. The molecule has 1 N–H and O–H groups in total. The molecule has 0 saturated heterocycles. The first-order valence-corrected chi connectivity index (χ1v) is 4.55. The molecular weight excluding hydrogens is 184 g/mol. The molecule has 0 unspecified atom stereocenters. The quantitative estimate of drug-likeness (QED) is 0.737. The molecule has 0 bridgehead atoms. The van der Waals surface area contributed by atoms with Crippen LogP contribution < -0.4 is 0 Å². The van der Waals surface area contributed by atoms with Crippen molar-refractivity contribution in [3.63, 3.8) is 0 Å². The van der Waals surface area contributed by atoms with Gasteiger partial charge in [-0.25, -0.2) is 4.79 Å². The number of carboxylic acids is 1. The second kappa shape index (κ2) is 4.81. The highest BCUT2D eigenvalue weighted by atomic mass is 16.5. The van der Waals surface area contributed by atoms with Gasteiger partial charge in [0.15, 0.2) is 0 Å². The third-order valence-corrected chi connectivity index (χ3v) is 1.79. The van der Waals surface area contributed by atoms with E-state index < -0.39 is 5.97 Å². The van der Waals surface area contributed by atoms with E-state index in [0.29, 0.717) is 24.7 Å². The van der Waals surface area contributed by atoms with Crippen molar-refractivity contribution in [1.82, 2.24) is 0 Å².